The lowest BCUT2D eigenvalue weighted by Gasteiger charge is -2.12. The van der Waals surface area contributed by atoms with Gasteiger partial charge >= 0.3 is 0 Å². The van der Waals surface area contributed by atoms with Crippen LogP contribution in [0.2, 0.25) is 0 Å². The smallest absolute Gasteiger partial charge is 0.0452 e. The van der Waals surface area contributed by atoms with E-state index in [2.05, 4.69) is 29.2 Å². The van der Waals surface area contributed by atoms with Crippen molar-refractivity contribution in [2.24, 2.45) is 11.5 Å². The topological polar surface area (TPSA) is 55.3 Å². The average Bonchev–Trinajstić information content (AvgIpc) is 2.29. The van der Waals surface area contributed by atoms with Crippen molar-refractivity contribution in [3.05, 3.63) is 35.4 Å². The normalized spacial score (nSPS) is 10.9. The fraction of sp³-hybridized carbons (Fsp3) is 0.500. The highest BCUT2D eigenvalue weighted by Crippen LogP contribution is 2.06. The van der Waals surface area contributed by atoms with E-state index in [9.17, 15) is 0 Å². The van der Waals surface area contributed by atoms with Crippen LogP contribution in [0.3, 0.4) is 0 Å². The Hall–Kier alpha value is -0.900. The first-order chi connectivity index (χ1) is 7.26. The zero-order chi connectivity index (χ0) is 11.1. The molecule has 3 nitrogen and oxygen atoms in total. The molecule has 0 aromatic heterocycles. The molecule has 4 N–H and O–H groups in total. The van der Waals surface area contributed by atoms with Gasteiger partial charge in [-0.1, -0.05) is 24.3 Å². The van der Waals surface area contributed by atoms with Crippen LogP contribution in [0.15, 0.2) is 24.3 Å². The summed E-state index contributed by atoms with van der Waals surface area (Å²) in [7, 11) is 2.04. The Morgan fingerprint density at radius 2 is 1.67 bits per heavy atom. The Kier molecular flexibility index (Phi) is 5.32. The minimum atomic E-state index is 0.621. The lowest BCUT2D eigenvalue weighted by atomic mass is 10.1. The number of benzene rings is 1. The first kappa shape index (κ1) is 12.2. The van der Waals surface area contributed by atoms with Gasteiger partial charge in [0.1, 0.15) is 0 Å². The average molecular weight is 207 g/mol. The van der Waals surface area contributed by atoms with Crippen molar-refractivity contribution < 1.29 is 0 Å². The number of nitrogens with two attached hydrogens (primary N) is 2. The maximum atomic E-state index is 5.54. The summed E-state index contributed by atoms with van der Waals surface area (Å²) in [4.78, 5) is 2.12. The van der Waals surface area contributed by atoms with Crippen LogP contribution in [0.1, 0.15) is 17.5 Å². The van der Waals surface area contributed by atoms with Crippen molar-refractivity contribution in [3.63, 3.8) is 0 Å². The lowest BCUT2D eigenvalue weighted by molar-refractivity contribution is 0.339. The van der Waals surface area contributed by atoms with Gasteiger partial charge in [0.2, 0.25) is 0 Å². The minimum absolute atomic E-state index is 0.621. The molecule has 0 spiro atoms. The van der Waals surface area contributed by atoms with Crippen molar-refractivity contribution in [2.45, 2.75) is 19.4 Å². The van der Waals surface area contributed by atoms with Gasteiger partial charge in [-0.25, -0.2) is 0 Å². The predicted molar refractivity (Wildman–Crippen MR) is 64.3 cm³/mol. The van der Waals surface area contributed by atoms with Crippen molar-refractivity contribution in [1.29, 1.82) is 0 Å². The molecule has 0 saturated carbocycles. The highest BCUT2D eigenvalue weighted by atomic mass is 15.1. The van der Waals surface area contributed by atoms with E-state index in [-0.39, 0.29) is 0 Å². The van der Waals surface area contributed by atoms with E-state index >= 15 is 0 Å². The quantitative estimate of drug-likeness (QED) is 0.682. The second kappa shape index (κ2) is 6.56. The van der Waals surface area contributed by atoms with E-state index in [1.807, 2.05) is 7.05 Å². The molecule has 84 valence electrons. The van der Waals surface area contributed by atoms with E-state index in [4.69, 9.17) is 11.5 Å². The van der Waals surface area contributed by atoms with Crippen molar-refractivity contribution in [1.82, 2.24) is 4.90 Å². The van der Waals surface area contributed by atoms with E-state index in [0.29, 0.717) is 13.2 Å². The van der Waals surface area contributed by atoms with Gasteiger partial charge < -0.3 is 11.5 Å². The molecule has 0 unspecified atom stereocenters. The SMILES string of the molecule is CN(CN)CCCc1ccc(CN)cc1. The van der Waals surface area contributed by atoms with E-state index in [1.165, 1.54) is 11.1 Å². The lowest BCUT2D eigenvalue weighted by Crippen LogP contribution is -2.26. The van der Waals surface area contributed by atoms with Gasteiger partial charge in [-0.15, -0.1) is 0 Å². The predicted octanol–water partition coefficient (Wildman–Crippen LogP) is 0.926. The molecule has 3 heteroatoms. The fourth-order valence-electron chi connectivity index (χ4n) is 1.49. The minimum Gasteiger partial charge on any atom is -0.326 e. The molecule has 0 radical (unpaired) electrons. The molecule has 0 heterocycles. The summed E-state index contributed by atoms with van der Waals surface area (Å²) < 4.78 is 0. The van der Waals surface area contributed by atoms with E-state index in [0.717, 1.165) is 19.4 Å². The summed E-state index contributed by atoms with van der Waals surface area (Å²) in [6.45, 7) is 2.30. The molecule has 0 atom stereocenters. The maximum Gasteiger partial charge on any atom is 0.0452 e. The van der Waals surface area contributed by atoms with Crippen LogP contribution < -0.4 is 11.5 Å². The Morgan fingerprint density at radius 1 is 1.07 bits per heavy atom. The molecular weight excluding hydrogens is 186 g/mol. The number of rotatable bonds is 6. The zero-order valence-corrected chi connectivity index (χ0v) is 9.45. The molecule has 0 amide bonds. The summed E-state index contributed by atoms with van der Waals surface area (Å²) in [5.74, 6) is 0. The Morgan fingerprint density at radius 3 is 2.20 bits per heavy atom. The van der Waals surface area contributed by atoms with Crippen LogP contribution >= 0.6 is 0 Å². The Balaban J connectivity index is 2.31. The van der Waals surface area contributed by atoms with Gasteiger partial charge in [-0.2, -0.15) is 0 Å². The zero-order valence-electron chi connectivity index (χ0n) is 9.45. The van der Waals surface area contributed by atoms with Crippen LogP contribution in [-0.4, -0.2) is 25.2 Å². The molecule has 1 aromatic carbocycles. The second-order valence-corrected chi connectivity index (χ2v) is 3.89. The number of hydrogen-bond acceptors (Lipinski definition) is 3. The standard InChI is InChI=1S/C12H21N3/c1-15(10-14)8-2-3-11-4-6-12(9-13)7-5-11/h4-7H,2-3,8-10,13-14H2,1H3. The molecule has 0 aliphatic rings. The second-order valence-electron chi connectivity index (χ2n) is 3.89. The van der Waals surface area contributed by atoms with Crippen molar-refractivity contribution >= 4 is 0 Å². The maximum absolute atomic E-state index is 5.54. The summed E-state index contributed by atoms with van der Waals surface area (Å²) in [5, 5.41) is 0. The molecule has 15 heavy (non-hydrogen) atoms. The van der Waals surface area contributed by atoms with Gasteiger partial charge in [0.05, 0.1) is 0 Å². The first-order valence-electron chi connectivity index (χ1n) is 5.42. The number of nitrogens with zero attached hydrogens (tertiary/aromatic N) is 1. The first-order valence-corrected chi connectivity index (χ1v) is 5.42. The molecular formula is C12H21N3. The summed E-state index contributed by atoms with van der Waals surface area (Å²) in [5.41, 5.74) is 13.6. The van der Waals surface area contributed by atoms with Gasteiger partial charge in [-0.05, 0) is 37.6 Å². The van der Waals surface area contributed by atoms with Gasteiger partial charge in [0.25, 0.3) is 0 Å². The van der Waals surface area contributed by atoms with Gasteiger partial charge in [0.15, 0.2) is 0 Å². The Labute approximate surface area is 92.1 Å². The Bertz CT molecular complexity index is 269. The van der Waals surface area contributed by atoms with Crippen LogP contribution in [0.4, 0.5) is 0 Å². The third-order valence-electron chi connectivity index (χ3n) is 2.58. The molecule has 0 aliphatic carbocycles. The van der Waals surface area contributed by atoms with Crippen molar-refractivity contribution in [3.8, 4) is 0 Å². The molecule has 1 rings (SSSR count). The number of hydrogen-bond donors (Lipinski definition) is 2. The molecule has 1 aromatic rings. The molecule has 0 saturated heterocycles. The molecule has 0 bridgehead atoms. The van der Waals surface area contributed by atoms with Gasteiger partial charge in [0, 0.05) is 13.2 Å². The summed E-state index contributed by atoms with van der Waals surface area (Å²) >= 11 is 0. The third kappa shape index (κ3) is 4.42. The van der Waals surface area contributed by atoms with Crippen molar-refractivity contribution in [2.75, 3.05) is 20.3 Å². The monoisotopic (exact) mass is 207 g/mol. The highest BCUT2D eigenvalue weighted by molar-refractivity contribution is 5.22. The van der Waals surface area contributed by atoms with E-state index in [1.54, 1.807) is 0 Å². The molecule has 0 aliphatic heterocycles. The highest BCUT2D eigenvalue weighted by Gasteiger charge is 1.96. The summed E-state index contributed by atoms with van der Waals surface area (Å²) in [6.07, 6.45) is 2.25. The van der Waals surface area contributed by atoms with Crippen LogP contribution in [0.5, 0.6) is 0 Å². The third-order valence-corrected chi connectivity index (χ3v) is 2.58. The molecule has 0 fully saturated rings. The van der Waals surface area contributed by atoms with E-state index < -0.39 is 0 Å². The summed E-state index contributed by atoms with van der Waals surface area (Å²) in [6, 6.07) is 8.51. The van der Waals surface area contributed by atoms with Gasteiger partial charge in [-0.3, -0.25) is 4.90 Å². The van der Waals surface area contributed by atoms with Crippen LogP contribution in [0.25, 0.3) is 0 Å². The number of aryl methyl sites for hydroxylation is 1. The largest absolute Gasteiger partial charge is 0.326 e. The fourth-order valence-corrected chi connectivity index (χ4v) is 1.49. The van der Waals surface area contributed by atoms with Crippen LogP contribution in [0, 0.1) is 0 Å². The van der Waals surface area contributed by atoms with Crippen LogP contribution in [-0.2, 0) is 13.0 Å².